The van der Waals surface area contributed by atoms with Gasteiger partial charge in [-0.25, -0.2) is 0 Å². The second-order valence-corrected chi connectivity index (χ2v) is 13.9. The van der Waals surface area contributed by atoms with Crippen molar-refractivity contribution in [3.8, 4) is 11.5 Å². The van der Waals surface area contributed by atoms with Crippen molar-refractivity contribution in [2.24, 2.45) is 0 Å². The lowest BCUT2D eigenvalue weighted by Crippen LogP contribution is -2.29. The molecule has 0 heterocycles. The van der Waals surface area contributed by atoms with Gasteiger partial charge in [-0.1, -0.05) is 83.5 Å². The zero-order valence-electron chi connectivity index (χ0n) is 28.6. The summed E-state index contributed by atoms with van der Waals surface area (Å²) in [7, 11) is 0. The third-order valence-corrected chi connectivity index (χ3v) is 8.47. The third-order valence-electron chi connectivity index (χ3n) is 6.91. The van der Waals surface area contributed by atoms with Crippen LogP contribution in [0.5, 0.6) is 11.5 Å². The Morgan fingerprint density at radius 3 is 1.42 bits per heavy atom. The molecule has 53 heavy (non-hydrogen) atoms. The maximum absolute atomic E-state index is 12.0. The topological polar surface area (TPSA) is 146 Å². The van der Waals surface area contributed by atoms with E-state index in [-0.39, 0.29) is 51.0 Å². The third kappa shape index (κ3) is 14.9. The van der Waals surface area contributed by atoms with Gasteiger partial charge >= 0.3 is 11.9 Å². The van der Waals surface area contributed by atoms with Crippen molar-refractivity contribution in [1.82, 2.24) is 5.32 Å². The largest absolute Gasteiger partial charge is 0.486 e. The molecule has 0 atom stereocenters. The van der Waals surface area contributed by atoms with Gasteiger partial charge in [0, 0.05) is 40.1 Å². The first kappa shape index (κ1) is 43.6. The fraction of sp³-hybridized carbons (Fsp3) is 0.270. The van der Waals surface area contributed by atoms with E-state index >= 15 is 0 Å². The van der Waals surface area contributed by atoms with E-state index in [1.807, 2.05) is 24.3 Å². The van der Waals surface area contributed by atoms with Gasteiger partial charge in [0.15, 0.2) is 11.5 Å². The van der Waals surface area contributed by atoms with Gasteiger partial charge < -0.3 is 35.6 Å². The second kappa shape index (κ2) is 21.8. The minimum Gasteiger partial charge on any atom is -0.486 e. The van der Waals surface area contributed by atoms with Gasteiger partial charge in [0.25, 0.3) is 5.91 Å². The number of carboxylic acid groups (broad SMARTS) is 2. The number of carbonyl (C=O) groups is 3. The standard InChI is InChI=1S/C19H19Cl3N2O4.C18H18Cl3NO3/c1-2-3-23-14-5-11(4-13(20)8-14)10-28-18-15(21)6-12(7-16(18)22)19(27)24-9-17(25)26;1-2-3-22-14-5-12(4-13(19)9-14)10-25-18-15(20)6-11(7-16(18)21)8-17(23)24/h4-8,23H,2-3,9-10H2,1H3,(H,24,27)(H,25,26);4-7,9,22H,2-3,8,10H2,1H3,(H,23,24). The summed E-state index contributed by atoms with van der Waals surface area (Å²) in [6.45, 7) is 5.73. The van der Waals surface area contributed by atoms with Crippen LogP contribution in [0.3, 0.4) is 0 Å². The van der Waals surface area contributed by atoms with Crippen molar-refractivity contribution in [3.05, 3.63) is 113 Å². The molecule has 4 rings (SSSR count). The molecular formula is C37H37Cl6N3O7. The highest BCUT2D eigenvalue weighted by atomic mass is 35.5. The van der Waals surface area contributed by atoms with Gasteiger partial charge in [-0.05, 0) is 90.2 Å². The van der Waals surface area contributed by atoms with Crippen LogP contribution in [-0.4, -0.2) is 47.7 Å². The molecule has 0 unspecified atom stereocenters. The van der Waals surface area contributed by atoms with Gasteiger partial charge in [0.05, 0.1) is 26.5 Å². The van der Waals surface area contributed by atoms with Gasteiger partial charge in [-0.15, -0.1) is 0 Å². The normalized spacial score (nSPS) is 10.5. The molecule has 0 aromatic heterocycles. The Morgan fingerprint density at radius 1 is 0.585 bits per heavy atom. The van der Waals surface area contributed by atoms with Gasteiger partial charge in [0.1, 0.15) is 19.8 Å². The monoisotopic (exact) mass is 845 g/mol. The Morgan fingerprint density at radius 2 is 1.02 bits per heavy atom. The van der Waals surface area contributed by atoms with Crippen molar-refractivity contribution in [1.29, 1.82) is 0 Å². The molecule has 10 nitrogen and oxygen atoms in total. The van der Waals surface area contributed by atoms with Crippen molar-refractivity contribution in [2.75, 3.05) is 30.3 Å². The van der Waals surface area contributed by atoms with Crippen LogP contribution in [0.1, 0.15) is 53.7 Å². The molecule has 0 saturated heterocycles. The Bertz CT molecular complexity index is 1870. The molecule has 4 aromatic carbocycles. The Labute approximate surface area is 337 Å². The number of amides is 1. The molecule has 0 fully saturated rings. The minimum absolute atomic E-state index is 0.136. The van der Waals surface area contributed by atoms with Crippen LogP contribution in [0.15, 0.2) is 60.7 Å². The molecule has 1 amide bonds. The van der Waals surface area contributed by atoms with E-state index in [0.717, 1.165) is 48.4 Å². The molecule has 0 radical (unpaired) electrons. The maximum atomic E-state index is 12.0. The van der Waals surface area contributed by atoms with E-state index in [1.165, 1.54) is 12.1 Å². The molecule has 4 aromatic rings. The summed E-state index contributed by atoms with van der Waals surface area (Å²) in [6, 6.07) is 16.9. The summed E-state index contributed by atoms with van der Waals surface area (Å²) in [5, 5.41) is 28.2. The molecule has 16 heteroatoms. The summed E-state index contributed by atoms with van der Waals surface area (Å²) in [4.78, 5) is 33.3. The number of anilines is 2. The molecule has 0 saturated carbocycles. The van der Waals surface area contributed by atoms with Gasteiger partial charge in [-0.3, -0.25) is 14.4 Å². The van der Waals surface area contributed by atoms with E-state index in [0.29, 0.717) is 21.4 Å². The van der Waals surface area contributed by atoms with Crippen LogP contribution in [0.25, 0.3) is 0 Å². The van der Waals surface area contributed by atoms with Crippen LogP contribution in [-0.2, 0) is 29.2 Å². The Kier molecular flexibility index (Phi) is 18.0. The fourth-order valence-corrected chi connectivity index (χ4v) is 6.39. The summed E-state index contributed by atoms with van der Waals surface area (Å²) in [5.74, 6) is -2.16. The average Bonchev–Trinajstić information content (AvgIpc) is 3.07. The second-order valence-electron chi connectivity index (χ2n) is 11.4. The predicted molar refractivity (Wildman–Crippen MR) is 213 cm³/mol. The van der Waals surface area contributed by atoms with Gasteiger partial charge in [0.2, 0.25) is 0 Å². The van der Waals surface area contributed by atoms with Gasteiger partial charge in [-0.2, -0.15) is 0 Å². The zero-order chi connectivity index (χ0) is 39.1. The minimum atomic E-state index is -1.15. The maximum Gasteiger partial charge on any atom is 0.322 e. The summed E-state index contributed by atoms with van der Waals surface area (Å²) in [5.41, 5.74) is 4.15. The van der Waals surface area contributed by atoms with Crippen LogP contribution in [0.2, 0.25) is 30.1 Å². The highest BCUT2D eigenvalue weighted by Crippen LogP contribution is 2.36. The lowest BCUT2D eigenvalue weighted by Gasteiger charge is -2.13. The molecule has 0 aliphatic rings. The van der Waals surface area contributed by atoms with E-state index in [2.05, 4.69) is 29.8 Å². The summed E-state index contributed by atoms with van der Waals surface area (Å²) in [6.07, 6.45) is 1.84. The molecule has 0 aliphatic carbocycles. The number of rotatable bonds is 17. The number of halogens is 6. The predicted octanol–water partition coefficient (Wildman–Crippen LogP) is 10.5. The van der Waals surface area contributed by atoms with E-state index in [4.69, 9.17) is 89.3 Å². The number of carbonyl (C=O) groups excluding carboxylic acids is 1. The number of nitrogens with one attached hydrogen (secondary N) is 3. The number of hydrogen-bond donors (Lipinski definition) is 5. The summed E-state index contributed by atoms with van der Waals surface area (Å²) < 4.78 is 11.5. The van der Waals surface area contributed by atoms with Crippen LogP contribution >= 0.6 is 69.6 Å². The van der Waals surface area contributed by atoms with Crippen molar-refractivity contribution < 1.29 is 34.1 Å². The SMILES string of the molecule is CCCNc1cc(Cl)cc(COc2c(Cl)cc(C(=O)NCC(=O)O)cc2Cl)c1.CCCNc1cc(Cl)cc(COc2c(Cl)cc(CC(=O)O)cc2Cl)c1. The molecule has 0 spiro atoms. The number of hydrogen-bond acceptors (Lipinski definition) is 7. The van der Waals surface area contributed by atoms with E-state index < -0.39 is 24.4 Å². The lowest BCUT2D eigenvalue weighted by atomic mass is 10.1. The fourth-order valence-electron chi connectivity index (χ4n) is 4.64. The van der Waals surface area contributed by atoms with Crippen molar-refractivity contribution in [2.45, 2.75) is 46.3 Å². The number of benzene rings is 4. The Balaban J connectivity index is 0.000000287. The molecule has 0 aliphatic heterocycles. The molecule has 284 valence electrons. The number of ether oxygens (including phenoxy) is 2. The van der Waals surface area contributed by atoms with E-state index in [1.54, 1.807) is 24.3 Å². The first-order valence-electron chi connectivity index (χ1n) is 16.2. The van der Waals surface area contributed by atoms with E-state index in [9.17, 15) is 14.4 Å². The Hall–Kier alpha value is -3.77. The van der Waals surface area contributed by atoms with Crippen LogP contribution in [0.4, 0.5) is 11.4 Å². The highest BCUT2D eigenvalue weighted by molar-refractivity contribution is 6.38. The highest BCUT2D eigenvalue weighted by Gasteiger charge is 2.16. The summed E-state index contributed by atoms with van der Waals surface area (Å²) >= 11 is 37.0. The van der Waals surface area contributed by atoms with Crippen molar-refractivity contribution in [3.63, 3.8) is 0 Å². The van der Waals surface area contributed by atoms with Crippen molar-refractivity contribution >= 4 is 98.8 Å². The lowest BCUT2D eigenvalue weighted by molar-refractivity contribution is -0.137. The zero-order valence-corrected chi connectivity index (χ0v) is 33.2. The first-order chi connectivity index (χ1) is 25.2. The molecule has 0 bridgehead atoms. The first-order valence-corrected chi connectivity index (χ1v) is 18.5. The smallest absolute Gasteiger partial charge is 0.322 e. The average molecular weight is 848 g/mol. The van der Waals surface area contributed by atoms with Crippen LogP contribution < -0.4 is 25.4 Å². The van der Waals surface area contributed by atoms with Crippen LogP contribution in [0, 0.1) is 0 Å². The quantitative estimate of drug-likeness (QED) is 0.0701. The molecular weight excluding hydrogens is 811 g/mol. The number of aliphatic carboxylic acids is 2. The molecule has 5 N–H and O–H groups in total. The number of carboxylic acids is 2.